The summed E-state index contributed by atoms with van der Waals surface area (Å²) in [5, 5.41) is 5.71. The molecule has 1 aliphatic carbocycles. The smallest absolute Gasteiger partial charge is 0.243 e. The number of amides is 2. The Labute approximate surface area is 184 Å². The third-order valence-corrected chi connectivity index (χ3v) is 7.97. The van der Waals surface area contributed by atoms with Gasteiger partial charge in [-0.05, 0) is 49.9 Å². The molecular formula is C22H33N3O5S. The van der Waals surface area contributed by atoms with Crippen molar-refractivity contribution in [1.82, 2.24) is 14.9 Å². The largest absolute Gasteiger partial charge is 0.497 e. The number of nitrogens with zero attached hydrogens (tertiary/aromatic N) is 1. The van der Waals surface area contributed by atoms with Gasteiger partial charge in [0, 0.05) is 19.1 Å². The fraction of sp³-hybridized carbons (Fsp3) is 0.636. The summed E-state index contributed by atoms with van der Waals surface area (Å²) in [5.41, 5.74) is 0. The van der Waals surface area contributed by atoms with Crippen molar-refractivity contribution in [2.45, 2.75) is 62.3 Å². The summed E-state index contributed by atoms with van der Waals surface area (Å²) in [6.07, 6.45) is 7.84. The van der Waals surface area contributed by atoms with Gasteiger partial charge in [-0.3, -0.25) is 9.59 Å². The molecule has 31 heavy (non-hydrogen) atoms. The number of ether oxygens (including phenoxy) is 1. The summed E-state index contributed by atoms with van der Waals surface area (Å²) >= 11 is 0. The maximum Gasteiger partial charge on any atom is 0.243 e. The monoisotopic (exact) mass is 451 g/mol. The number of hydrogen-bond donors (Lipinski definition) is 2. The number of piperidine rings is 1. The van der Waals surface area contributed by atoms with Crippen LogP contribution in [-0.4, -0.2) is 57.3 Å². The van der Waals surface area contributed by atoms with Crippen molar-refractivity contribution in [2.24, 2.45) is 5.92 Å². The van der Waals surface area contributed by atoms with E-state index in [0.717, 1.165) is 25.7 Å². The molecule has 1 aromatic rings. The number of nitrogens with one attached hydrogen (secondary N) is 2. The fourth-order valence-corrected chi connectivity index (χ4v) is 5.81. The van der Waals surface area contributed by atoms with Gasteiger partial charge in [-0.15, -0.1) is 0 Å². The quantitative estimate of drug-likeness (QED) is 0.618. The van der Waals surface area contributed by atoms with Gasteiger partial charge >= 0.3 is 0 Å². The van der Waals surface area contributed by atoms with Crippen molar-refractivity contribution in [3.63, 3.8) is 0 Å². The molecule has 1 heterocycles. The normalized spacial score (nSPS) is 21.1. The van der Waals surface area contributed by atoms with Crippen LogP contribution >= 0.6 is 0 Å². The minimum absolute atomic E-state index is 0.0724. The fourth-order valence-electron chi connectivity index (χ4n) is 4.29. The lowest BCUT2D eigenvalue weighted by Gasteiger charge is -2.31. The molecule has 2 fully saturated rings. The van der Waals surface area contributed by atoms with Gasteiger partial charge in [-0.25, -0.2) is 8.42 Å². The van der Waals surface area contributed by atoms with Gasteiger partial charge in [0.25, 0.3) is 0 Å². The van der Waals surface area contributed by atoms with E-state index in [1.165, 1.54) is 36.4 Å². The molecule has 0 spiro atoms. The molecule has 0 bridgehead atoms. The van der Waals surface area contributed by atoms with Gasteiger partial charge in [0.2, 0.25) is 21.8 Å². The van der Waals surface area contributed by atoms with E-state index in [1.54, 1.807) is 12.1 Å². The van der Waals surface area contributed by atoms with Crippen LogP contribution in [0.3, 0.4) is 0 Å². The molecule has 0 radical (unpaired) electrons. The Balaban J connectivity index is 1.51. The molecule has 1 saturated heterocycles. The van der Waals surface area contributed by atoms with Crippen molar-refractivity contribution in [1.29, 1.82) is 0 Å². The van der Waals surface area contributed by atoms with E-state index < -0.39 is 15.9 Å². The van der Waals surface area contributed by atoms with Crippen LogP contribution in [-0.2, 0) is 19.6 Å². The van der Waals surface area contributed by atoms with Gasteiger partial charge in [-0.1, -0.05) is 25.7 Å². The summed E-state index contributed by atoms with van der Waals surface area (Å²) in [5.74, 6) is -0.339. The Bertz CT molecular complexity index is 848. The third-order valence-electron chi connectivity index (χ3n) is 6.10. The van der Waals surface area contributed by atoms with Crippen molar-refractivity contribution in [3.8, 4) is 5.75 Å². The standard InChI is InChI=1S/C22H33N3O5S/c1-30-19-10-12-20(13-11-19)31(28,29)25-14-6-7-17(16-25)22(27)23-15-21(26)24-18-8-4-2-3-5-9-18/h10-13,17-18H,2-9,14-16H2,1H3,(H,23,27)(H,24,26)/t17-/m1/s1. The van der Waals surface area contributed by atoms with Crippen molar-refractivity contribution in [3.05, 3.63) is 24.3 Å². The van der Waals surface area contributed by atoms with Crippen LogP contribution < -0.4 is 15.4 Å². The van der Waals surface area contributed by atoms with E-state index in [9.17, 15) is 18.0 Å². The number of benzene rings is 1. The molecule has 8 nitrogen and oxygen atoms in total. The predicted molar refractivity (Wildman–Crippen MR) is 117 cm³/mol. The summed E-state index contributed by atoms with van der Waals surface area (Å²) in [6.45, 7) is 0.418. The highest BCUT2D eigenvalue weighted by Crippen LogP contribution is 2.25. The van der Waals surface area contributed by atoms with E-state index in [0.29, 0.717) is 25.1 Å². The third kappa shape index (κ3) is 6.43. The molecule has 1 aromatic carbocycles. The van der Waals surface area contributed by atoms with Crippen LogP contribution in [0.2, 0.25) is 0 Å². The maximum atomic E-state index is 13.0. The van der Waals surface area contributed by atoms with Crippen LogP contribution in [0.1, 0.15) is 51.4 Å². The lowest BCUT2D eigenvalue weighted by atomic mass is 9.99. The number of methoxy groups -OCH3 is 1. The van der Waals surface area contributed by atoms with Crippen molar-refractivity contribution >= 4 is 21.8 Å². The molecule has 2 amide bonds. The van der Waals surface area contributed by atoms with Crippen molar-refractivity contribution in [2.75, 3.05) is 26.7 Å². The topological polar surface area (TPSA) is 105 Å². The first kappa shape index (κ1) is 23.5. The second-order valence-electron chi connectivity index (χ2n) is 8.35. The number of carbonyl (C=O) groups is 2. The maximum absolute atomic E-state index is 13.0. The van der Waals surface area contributed by atoms with Gasteiger partial charge in [-0.2, -0.15) is 4.31 Å². The molecule has 3 rings (SSSR count). The van der Waals surface area contributed by atoms with Gasteiger partial charge in [0.1, 0.15) is 5.75 Å². The first-order valence-electron chi connectivity index (χ1n) is 11.1. The van der Waals surface area contributed by atoms with Crippen LogP contribution in [0, 0.1) is 5.92 Å². The molecule has 172 valence electrons. The molecule has 0 aromatic heterocycles. The molecular weight excluding hydrogens is 418 g/mol. The minimum Gasteiger partial charge on any atom is -0.497 e. The Morgan fingerprint density at radius 2 is 1.71 bits per heavy atom. The average Bonchev–Trinajstić information content (AvgIpc) is 3.06. The lowest BCUT2D eigenvalue weighted by molar-refractivity contribution is -0.129. The second-order valence-corrected chi connectivity index (χ2v) is 10.3. The first-order valence-corrected chi connectivity index (χ1v) is 12.6. The Hall–Kier alpha value is -2.13. The number of hydrogen-bond acceptors (Lipinski definition) is 5. The number of carbonyl (C=O) groups excluding carboxylic acids is 2. The summed E-state index contributed by atoms with van der Waals surface area (Å²) in [4.78, 5) is 25.0. The van der Waals surface area contributed by atoms with E-state index in [-0.39, 0.29) is 35.8 Å². The van der Waals surface area contributed by atoms with Crippen LogP contribution in [0.5, 0.6) is 5.75 Å². The first-order chi connectivity index (χ1) is 14.9. The molecule has 2 N–H and O–H groups in total. The van der Waals surface area contributed by atoms with Gasteiger partial charge in [0.15, 0.2) is 0 Å². The van der Waals surface area contributed by atoms with Crippen molar-refractivity contribution < 1.29 is 22.7 Å². The van der Waals surface area contributed by atoms with Crippen LogP contribution in [0.15, 0.2) is 29.2 Å². The summed E-state index contributed by atoms with van der Waals surface area (Å²) in [6, 6.07) is 6.42. The second kappa shape index (κ2) is 10.9. The highest BCUT2D eigenvalue weighted by Gasteiger charge is 2.33. The van der Waals surface area contributed by atoms with Crippen LogP contribution in [0.25, 0.3) is 0 Å². The van der Waals surface area contributed by atoms with E-state index in [4.69, 9.17) is 4.74 Å². The molecule has 1 atom stereocenters. The molecule has 1 saturated carbocycles. The Morgan fingerprint density at radius 1 is 1.03 bits per heavy atom. The highest BCUT2D eigenvalue weighted by atomic mass is 32.2. The Kier molecular flexibility index (Phi) is 8.31. The van der Waals surface area contributed by atoms with Crippen LogP contribution in [0.4, 0.5) is 0 Å². The Morgan fingerprint density at radius 3 is 2.35 bits per heavy atom. The molecule has 0 unspecified atom stereocenters. The lowest BCUT2D eigenvalue weighted by Crippen LogP contribution is -2.48. The zero-order valence-electron chi connectivity index (χ0n) is 18.1. The highest BCUT2D eigenvalue weighted by molar-refractivity contribution is 7.89. The van der Waals surface area contributed by atoms with E-state index >= 15 is 0 Å². The average molecular weight is 452 g/mol. The number of sulfonamides is 1. The number of rotatable bonds is 7. The van der Waals surface area contributed by atoms with E-state index in [2.05, 4.69) is 10.6 Å². The summed E-state index contributed by atoms with van der Waals surface area (Å²) in [7, 11) is -2.17. The van der Waals surface area contributed by atoms with Gasteiger partial charge in [0.05, 0.1) is 24.5 Å². The zero-order valence-corrected chi connectivity index (χ0v) is 19.0. The van der Waals surface area contributed by atoms with E-state index in [1.807, 2.05) is 0 Å². The molecule has 9 heteroatoms. The SMILES string of the molecule is COc1ccc(S(=O)(=O)N2CCC[C@@H](C(=O)NCC(=O)NC3CCCCCC3)C2)cc1. The summed E-state index contributed by atoms with van der Waals surface area (Å²) < 4.78 is 32.4. The molecule has 2 aliphatic rings. The minimum atomic E-state index is -3.69. The zero-order chi connectivity index (χ0) is 22.3. The predicted octanol–water partition coefficient (Wildman–Crippen LogP) is 2.05. The van der Waals surface area contributed by atoms with Gasteiger partial charge < -0.3 is 15.4 Å². The molecule has 1 aliphatic heterocycles.